The van der Waals surface area contributed by atoms with E-state index in [1.54, 1.807) is 30.3 Å². The monoisotopic (exact) mass is 387 g/mol. The molecule has 0 aliphatic heterocycles. The summed E-state index contributed by atoms with van der Waals surface area (Å²) in [5.74, 6) is 1.28. The first-order chi connectivity index (χ1) is 13.1. The summed E-state index contributed by atoms with van der Waals surface area (Å²) in [6.45, 7) is 0. The number of carbonyl (C=O) groups excluding carboxylic acids is 1. The molecule has 0 saturated carbocycles. The van der Waals surface area contributed by atoms with Gasteiger partial charge in [-0.1, -0.05) is 0 Å². The standard InChI is InChI=1S/C19H17NO6S/c1-23-14-7-6-11(17(24-2)18(14)25-3)9-15-19(22)20-16(27-15)10-12(21)13-5-4-8-26-13/h4-10H,1-3H3,(H,20,22)/b15-9-,16-10-. The van der Waals surface area contributed by atoms with Crippen LogP contribution in [0.2, 0.25) is 0 Å². The zero-order valence-electron chi connectivity index (χ0n) is 14.9. The molecule has 2 heterocycles. The summed E-state index contributed by atoms with van der Waals surface area (Å²) in [5.41, 5.74) is 0.335. The molecular formula is C19H17NO6S. The molecular weight excluding hydrogens is 370 g/mol. The van der Waals surface area contributed by atoms with Crippen LogP contribution < -0.4 is 29.0 Å². The Hall–Kier alpha value is -3.26. The van der Waals surface area contributed by atoms with E-state index in [2.05, 4.69) is 4.98 Å². The van der Waals surface area contributed by atoms with Gasteiger partial charge in [-0.05, 0) is 30.3 Å². The van der Waals surface area contributed by atoms with Gasteiger partial charge in [0.15, 0.2) is 17.3 Å². The quantitative estimate of drug-likeness (QED) is 0.646. The number of rotatable bonds is 6. The minimum absolute atomic E-state index is 0.205. The van der Waals surface area contributed by atoms with Gasteiger partial charge in [-0.15, -0.1) is 11.3 Å². The Morgan fingerprint density at radius 3 is 2.52 bits per heavy atom. The van der Waals surface area contributed by atoms with Crippen molar-refractivity contribution >= 4 is 29.3 Å². The second-order valence-corrected chi connectivity index (χ2v) is 6.42. The maximum atomic E-state index is 12.3. The van der Waals surface area contributed by atoms with Gasteiger partial charge in [0.2, 0.25) is 11.5 Å². The van der Waals surface area contributed by atoms with Crippen molar-refractivity contribution < 1.29 is 23.4 Å². The number of hydrogen-bond acceptors (Lipinski definition) is 7. The molecule has 2 aromatic heterocycles. The summed E-state index contributed by atoms with van der Waals surface area (Å²) < 4.78 is 21.9. The summed E-state index contributed by atoms with van der Waals surface area (Å²) >= 11 is 1.15. The SMILES string of the molecule is COc1ccc(/C=c2\s/c(=C\C(=O)c3ccco3)[nH]c2=O)c(OC)c1OC. The van der Waals surface area contributed by atoms with E-state index in [4.69, 9.17) is 18.6 Å². The number of aromatic amines is 1. The topological polar surface area (TPSA) is 90.8 Å². The van der Waals surface area contributed by atoms with Crippen LogP contribution in [0.15, 0.2) is 39.7 Å². The molecule has 1 N–H and O–H groups in total. The zero-order chi connectivity index (χ0) is 19.4. The molecule has 0 fully saturated rings. The summed E-state index contributed by atoms with van der Waals surface area (Å²) in [5, 5.41) is 0. The number of hydrogen-bond donors (Lipinski definition) is 1. The maximum Gasteiger partial charge on any atom is 0.266 e. The molecule has 0 bridgehead atoms. The summed E-state index contributed by atoms with van der Waals surface area (Å²) in [4.78, 5) is 27.0. The third kappa shape index (κ3) is 3.80. The second-order valence-electron chi connectivity index (χ2n) is 5.34. The van der Waals surface area contributed by atoms with Crippen molar-refractivity contribution in [3.63, 3.8) is 0 Å². The summed E-state index contributed by atoms with van der Waals surface area (Å²) in [6.07, 6.45) is 4.41. The van der Waals surface area contributed by atoms with Crippen molar-refractivity contribution in [2.45, 2.75) is 0 Å². The molecule has 0 amide bonds. The fourth-order valence-electron chi connectivity index (χ4n) is 2.51. The van der Waals surface area contributed by atoms with Crippen LogP contribution in [0.3, 0.4) is 0 Å². The van der Waals surface area contributed by atoms with Crippen LogP contribution in [0.4, 0.5) is 0 Å². The maximum absolute atomic E-state index is 12.3. The first-order valence-corrected chi connectivity index (χ1v) is 8.68. The minimum atomic E-state index is -0.326. The van der Waals surface area contributed by atoms with Gasteiger partial charge in [0.1, 0.15) is 0 Å². The fraction of sp³-hybridized carbons (Fsp3) is 0.158. The number of aromatic nitrogens is 1. The van der Waals surface area contributed by atoms with Crippen molar-refractivity contribution in [3.8, 4) is 17.2 Å². The molecule has 7 nitrogen and oxygen atoms in total. The lowest BCUT2D eigenvalue weighted by molar-refractivity contribution is 0.103. The van der Waals surface area contributed by atoms with E-state index < -0.39 is 0 Å². The Kier molecular flexibility index (Phi) is 5.46. The highest BCUT2D eigenvalue weighted by Crippen LogP contribution is 2.39. The summed E-state index contributed by atoms with van der Waals surface area (Å²) in [7, 11) is 4.55. The largest absolute Gasteiger partial charge is 0.493 e. The van der Waals surface area contributed by atoms with Crippen molar-refractivity contribution in [3.05, 3.63) is 61.4 Å². The van der Waals surface area contributed by atoms with Gasteiger partial charge in [0.05, 0.1) is 36.8 Å². The van der Waals surface area contributed by atoms with Gasteiger partial charge in [-0.2, -0.15) is 0 Å². The Morgan fingerprint density at radius 1 is 1.11 bits per heavy atom. The third-order valence-corrected chi connectivity index (χ3v) is 4.69. The molecule has 3 rings (SSSR count). The van der Waals surface area contributed by atoms with E-state index in [-0.39, 0.29) is 17.1 Å². The Labute approximate surface area is 158 Å². The van der Waals surface area contributed by atoms with Crippen LogP contribution in [0, 0.1) is 0 Å². The molecule has 0 atom stereocenters. The molecule has 0 unspecified atom stereocenters. The van der Waals surface area contributed by atoms with Gasteiger partial charge < -0.3 is 23.6 Å². The molecule has 8 heteroatoms. The lowest BCUT2D eigenvalue weighted by Gasteiger charge is -2.13. The van der Waals surface area contributed by atoms with Crippen molar-refractivity contribution in [1.29, 1.82) is 0 Å². The molecule has 0 saturated heterocycles. The van der Waals surface area contributed by atoms with E-state index in [9.17, 15) is 9.59 Å². The number of ketones is 1. The van der Waals surface area contributed by atoms with Crippen LogP contribution >= 0.6 is 11.3 Å². The number of ether oxygens (including phenoxy) is 3. The van der Waals surface area contributed by atoms with Crippen molar-refractivity contribution in [1.82, 2.24) is 4.98 Å². The highest BCUT2D eigenvalue weighted by atomic mass is 32.1. The second kappa shape index (κ2) is 7.96. The fourth-order valence-corrected chi connectivity index (χ4v) is 3.39. The van der Waals surface area contributed by atoms with Gasteiger partial charge in [0.25, 0.3) is 5.56 Å². The molecule has 0 aliphatic carbocycles. The number of methoxy groups -OCH3 is 3. The van der Waals surface area contributed by atoms with Crippen molar-refractivity contribution in [2.75, 3.05) is 21.3 Å². The van der Waals surface area contributed by atoms with Gasteiger partial charge in [-0.3, -0.25) is 9.59 Å². The first kappa shape index (κ1) is 18.5. The highest BCUT2D eigenvalue weighted by molar-refractivity contribution is 7.07. The van der Waals surface area contributed by atoms with Gasteiger partial charge in [-0.25, -0.2) is 0 Å². The number of nitrogens with one attached hydrogen (secondary N) is 1. The zero-order valence-corrected chi connectivity index (χ0v) is 15.7. The van der Waals surface area contributed by atoms with E-state index in [0.717, 1.165) is 11.3 Å². The number of thiazole rings is 1. The number of benzene rings is 1. The number of H-pyrrole nitrogens is 1. The molecule has 0 radical (unpaired) electrons. The van der Waals surface area contributed by atoms with Crippen LogP contribution in [0.5, 0.6) is 17.2 Å². The van der Waals surface area contributed by atoms with Crippen LogP contribution in [0.25, 0.3) is 12.2 Å². The summed E-state index contributed by atoms with van der Waals surface area (Å²) in [6, 6.07) is 6.67. The van der Waals surface area contributed by atoms with Crippen LogP contribution in [0.1, 0.15) is 16.1 Å². The van der Waals surface area contributed by atoms with Gasteiger partial charge >= 0.3 is 0 Å². The molecule has 1 aromatic carbocycles. The minimum Gasteiger partial charge on any atom is -0.493 e. The first-order valence-electron chi connectivity index (χ1n) is 7.86. The average Bonchev–Trinajstić information content (AvgIpc) is 3.31. The Morgan fingerprint density at radius 2 is 1.89 bits per heavy atom. The lowest BCUT2D eigenvalue weighted by atomic mass is 10.1. The normalized spacial score (nSPS) is 12.3. The molecule has 3 aromatic rings. The number of Topliss-reactive ketones (excluding diaryl/α,β-unsaturated/α-hetero) is 1. The van der Waals surface area contributed by atoms with Crippen molar-refractivity contribution in [2.24, 2.45) is 0 Å². The number of carbonyl (C=O) groups is 1. The van der Waals surface area contributed by atoms with Crippen LogP contribution in [-0.4, -0.2) is 32.1 Å². The predicted octanol–water partition coefficient (Wildman–Crippen LogP) is 1.55. The molecule has 0 aliphatic rings. The Bertz CT molecular complexity index is 1120. The van der Waals surface area contributed by atoms with E-state index in [1.165, 1.54) is 33.7 Å². The van der Waals surface area contributed by atoms with E-state index in [0.29, 0.717) is 32.0 Å². The van der Waals surface area contributed by atoms with Crippen LogP contribution in [-0.2, 0) is 0 Å². The van der Waals surface area contributed by atoms with E-state index in [1.807, 2.05) is 0 Å². The van der Waals surface area contributed by atoms with E-state index >= 15 is 0 Å². The predicted molar refractivity (Wildman–Crippen MR) is 101 cm³/mol. The van der Waals surface area contributed by atoms with Gasteiger partial charge in [0, 0.05) is 11.6 Å². The smallest absolute Gasteiger partial charge is 0.266 e. The third-order valence-electron chi connectivity index (χ3n) is 3.73. The molecule has 0 spiro atoms. The molecule has 140 valence electrons. The highest BCUT2D eigenvalue weighted by Gasteiger charge is 2.14. The average molecular weight is 387 g/mol. The lowest BCUT2D eigenvalue weighted by Crippen LogP contribution is -2.20. The number of furan rings is 1. The Balaban J connectivity index is 2.08. The molecule has 27 heavy (non-hydrogen) atoms.